The smallest absolute Gasteiger partial charge is 0.257 e. The molecule has 1 unspecified atom stereocenters. The summed E-state index contributed by atoms with van der Waals surface area (Å²) >= 11 is 6.09. The predicted octanol–water partition coefficient (Wildman–Crippen LogP) is 3.33. The quantitative estimate of drug-likeness (QED) is 0.831. The molecule has 1 amide bonds. The minimum atomic E-state index is -2.68. The third-order valence-corrected chi connectivity index (χ3v) is 6.08. The van der Waals surface area contributed by atoms with Gasteiger partial charge >= 0.3 is 0 Å². The minimum Gasteiger partial charge on any atom is -0.351 e. The fourth-order valence-corrected chi connectivity index (χ4v) is 4.64. The number of alkyl halides is 2. The maximum Gasteiger partial charge on any atom is 0.257 e. The van der Waals surface area contributed by atoms with Gasteiger partial charge in [0.15, 0.2) is 0 Å². The number of hydrogen-bond acceptors (Lipinski definition) is 5. The van der Waals surface area contributed by atoms with Crippen molar-refractivity contribution in [2.24, 2.45) is 0 Å². The van der Waals surface area contributed by atoms with Crippen molar-refractivity contribution >= 4 is 23.5 Å². The number of nitrogens with zero attached hydrogens (tertiary/aromatic N) is 4. The summed E-state index contributed by atoms with van der Waals surface area (Å²) in [6.07, 6.45) is 2.21. The van der Waals surface area contributed by atoms with Crippen molar-refractivity contribution in [2.45, 2.75) is 50.2 Å². The first-order chi connectivity index (χ1) is 13.8. The van der Waals surface area contributed by atoms with E-state index in [4.69, 9.17) is 11.6 Å². The molecule has 1 fully saturated rings. The van der Waals surface area contributed by atoms with E-state index in [0.717, 1.165) is 11.1 Å². The van der Waals surface area contributed by atoms with Crippen molar-refractivity contribution in [3.05, 3.63) is 51.3 Å². The van der Waals surface area contributed by atoms with Crippen molar-refractivity contribution in [1.82, 2.24) is 14.9 Å². The molecule has 9 heteroatoms. The molecule has 1 saturated carbocycles. The number of nitrogens with one attached hydrogen (secondary N) is 1. The number of benzene rings is 1. The van der Waals surface area contributed by atoms with Gasteiger partial charge < -0.3 is 10.2 Å². The zero-order chi connectivity index (χ0) is 20.3. The molecule has 1 aliphatic heterocycles. The summed E-state index contributed by atoms with van der Waals surface area (Å²) in [5.41, 5.74) is 3.51. The van der Waals surface area contributed by atoms with Gasteiger partial charge in [0.25, 0.3) is 11.8 Å². The van der Waals surface area contributed by atoms with Crippen LogP contribution in [0, 0.1) is 11.3 Å². The Labute approximate surface area is 170 Å². The second kappa shape index (κ2) is 6.36. The van der Waals surface area contributed by atoms with Crippen LogP contribution in [0.5, 0.6) is 0 Å². The lowest BCUT2D eigenvalue weighted by atomic mass is 9.87. The standard InChI is InChI=1S/C20H16ClF2N5O/c21-12-1-10-3-13(4-15(10)11(2-12)7-24)26-19-25-8-16-17(27-19)9-28(18(16)29)14-5-20(22,23)6-14/h1-2,8,13-14H,3-6,9H2,(H,25,26,27). The molecule has 3 aliphatic rings. The zero-order valence-corrected chi connectivity index (χ0v) is 16.0. The molecule has 1 aromatic heterocycles. The monoisotopic (exact) mass is 415 g/mol. The number of halogens is 3. The van der Waals surface area contributed by atoms with Gasteiger partial charge in [0, 0.05) is 36.1 Å². The molecule has 29 heavy (non-hydrogen) atoms. The molecule has 1 aromatic carbocycles. The molecular weight excluding hydrogens is 400 g/mol. The second-order valence-corrected chi connectivity index (χ2v) is 8.29. The molecule has 5 rings (SSSR count). The van der Waals surface area contributed by atoms with Crippen LogP contribution in [-0.2, 0) is 19.4 Å². The summed E-state index contributed by atoms with van der Waals surface area (Å²) in [4.78, 5) is 22.7. The molecule has 6 nitrogen and oxygen atoms in total. The molecule has 0 bridgehead atoms. The number of carbonyl (C=O) groups excluding carboxylic acids is 1. The van der Waals surface area contributed by atoms with Crippen LogP contribution in [0.15, 0.2) is 18.3 Å². The first kappa shape index (κ1) is 18.3. The first-order valence-electron chi connectivity index (χ1n) is 9.35. The van der Waals surface area contributed by atoms with E-state index in [1.807, 2.05) is 6.07 Å². The van der Waals surface area contributed by atoms with Crippen molar-refractivity contribution < 1.29 is 13.6 Å². The van der Waals surface area contributed by atoms with Gasteiger partial charge in [0.2, 0.25) is 5.95 Å². The summed E-state index contributed by atoms with van der Waals surface area (Å²) in [6, 6.07) is 5.28. The van der Waals surface area contributed by atoms with E-state index >= 15 is 0 Å². The van der Waals surface area contributed by atoms with Crippen LogP contribution >= 0.6 is 11.6 Å². The Morgan fingerprint density at radius 2 is 2.10 bits per heavy atom. The maximum atomic E-state index is 13.2. The molecule has 2 aliphatic carbocycles. The normalized spacial score (nSPS) is 22.1. The molecule has 2 heterocycles. The molecule has 148 valence electrons. The van der Waals surface area contributed by atoms with Gasteiger partial charge in [0.05, 0.1) is 29.4 Å². The fraction of sp³-hybridized carbons (Fsp3) is 0.400. The number of nitriles is 1. The van der Waals surface area contributed by atoms with Gasteiger partial charge in [0.1, 0.15) is 0 Å². The van der Waals surface area contributed by atoms with Gasteiger partial charge in [-0.2, -0.15) is 5.26 Å². The Morgan fingerprint density at radius 3 is 2.83 bits per heavy atom. The topological polar surface area (TPSA) is 81.9 Å². The molecule has 1 atom stereocenters. The highest BCUT2D eigenvalue weighted by molar-refractivity contribution is 6.30. The van der Waals surface area contributed by atoms with Crippen LogP contribution in [0.2, 0.25) is 5.02 Å². The van der Waals surface area contributed by atoms with E-state index in [1.54, 1.807) is 6.07 Å². The molecule has 0 radical (unpaired) electrons. The average molecular weight is 416 g/mol. The average Bonchev–Trinajstić information content (AvgIpc) is 3.19. The summed E-state index contributed by atoms with van der Waals surface area (Å²) in [5, 5.41) is 13.1. The number of aromatic nitrogens is 2. The van der Waals surface area contributed by atoms with Crippen LogP contribution in [-0.4, -0.2) is 38.8 Å². The largest absolute Gasteiger partial charge is 0.351 e. The lowest BCUT2D eigenvalue weighted by Crippen LogP contribution is -2.50. The molecular formula is C20H16ClF2N5O. The summed E-state index contributed by atoms with van der Waals surface area (Å²) in [7, 11) is 0. The van der Waals surface area contributed by atoms with Gasteiger partial charge in [-0.3, -0.25) is 4.79 Å². The summed E-state index contributed by atoms with van der Waals surface area (Å²) in [5.74, 6) is -2.57. The number of amides is 1. The van der Waals surface area contributed by atoms with Gasteiger partial charge in [-0.25, -0.2) is 18.7 Å². The Hall–Kier alpha value is -2.79. The molecule has 2 aromatic rings. The number of fused-ring (bicyclic) bond motifs is 2. The van der Waals surface area contributed by atoms with Crippen molar-refractivity contribution in [3.8, 4) is 6.07 Å². The first-order valence-corrected chi connectivity index (χ1v) is 9.73. The van der Waals surface area contributed by atoms with E-state index < -0.39 is 12.0 Å². The number of anilines is 1. The van der Waals surface area contributed by atoms with Crippen LogP contribution in [0.3, 0.4) is 0 Å². The molecule has 0 spiro atoms. The van der Waals surface area contributed by atoms with Gasteiger partial charge in [-0.05, 0) is 36.1 Å². The highest BCUT2D eigenvalue weighted by Crippen LogP contribution is 2.42. The van der Waals surface area contributed by atoms with E-state index in [0.29, 0.717) is 40.6 Å². The Morgan fingerprint density at radius 1 is 1.31 bits per heavy atom. The Balaban J connectivity index is 1.31. The van der Waals surface area contributed by atoms with Crippen LogP contribution in [0.1, 0.15) is 45.6 Å². The lowest BCUT2D eigenvalue weighted by Gasteiger charge is -2.40. The summed E-state index contributed by atoms with van der Waals surface area (Å²) < 4.78 is 26.4. The van der Waals surface area contributed by atoms with Crippen molar-refractivity contribution in [3.63, 3.8) is 0 Å². The third kappa shape index (κ3) is 3.10. The number of carbonyl (C=O) groups is 1. The van der Waals surface area contributed by atoms with Crippen LogP contribution in [0.4, 0.5) is 14.7 Å². The highest BCUT2D eigenvalue weighted by Gasteiger charge is 2.51. The molecule has 0 saturated heterocycles. The maximum absolute atomic E-state index is 13.2. The predicted molar refractivity (Wildman–Crippen MR) is 101 cm³/mol. The minimum absolute atomic E-state index is 0.00662. The van der Waals surface area contributed by atoms with E-state index in [-0.39, 0.29) is 31.3 Å². The summed E-state index contributed by atoms with van der Waals surface area (Å²) in [6.45, 7) is 0.227. The van der Waals surface area contributed by atoms with E-state index in [2.05, 4.69) is 21.4 Å². The van der Waals surface area contributed by atoms with E-state index in [1.165, 1.54) is 11.1 Å². The Bertz CT molecular complexity index is 1080. The van der Waals surface area contributed by atoms with Crippen LogP contribution < -0.4 is 5.32 Å². The second-order valence-electron chi connectivity index (χ2n) is 7.86. The van der Waals surface area contributed by atoms with Crippen molar-refractivity contribution in [2.75, 3.05) is 5.32 Å². The molecule has 1 N–H and O–H groups in total. The SMILES string of the molecule is N#Cc1cc(Cl)cc2c1CC(Nc1ncc3c(n1)CN(C1CC(F)(F)C1)C3=O)C2. The highest BCUT2D eigenvalue weighted by atomic mass is 35.5. The van der Waals surface area contributed by atoms with Crippen molar-refractivity contribution in [1.29, 1.82) is 5.26 Å². The van der Waals surface area contributed by atoms with Crippen LogP contribution in [0.25, 0.3) is 0 Å². The van der Waals surface area contributed by atoms with Gasteiger partial charge in [-0.15, -0.1) is 0 Å². The number of rotatable bonds is 3. The Kier molecular flexibility index (Phi) is 4.00. The lowest BCUT2D eigenvalue weighted by molar-refractivity contribution is -0.116. The number of hydrogen-bond donors (Lipinski definition) is 1. The third-order valence-electron chi connectivity index (χ3n) is 5.87. The zero-order valence-electron chi connectivity index (χ0n) is 15.3. The fourth-order valence-electron chi connectivity index (χ4n) is 4.40. The van der Waals surface area contributed by atoms with E-state index in [9.17, 15) is 18.8 Å². The van der Waals surface area contributed by atoms with Gasteiger partial charge in [-0.1, -0.05) is 11.6 Å².